The molecule has 2 fully saturated rings. The van der Waals surface area contributed by atoms with E-state index < -0.39 is 52.2 Å². The maximum absolute atomic E-state index is 14.5. The fourth-order valence-corrected chi connectivity index (χ4v) is 6.49. The lowest BCUT2D eigenvalue weighted by Crippen LogP contribution is -2.71. The predicted molar refractivity (Wildman–Crippen MR) is 179 cm³/mol. The number of rotatable bonds is 17. The Labute approximate surface area is 282 Å². The molecular weight excluding hydrogens is 600 g/mol. The molecule has 1 spiro atoms. The monoisotopic (exact) mass is 660 g/mol. The summed E-state index contributed by atoms with van der Waals surface area (Å²) in [5.41, 5.74) is -6.48. The van der Waals surface area contributed by atoms with Crippen molar-refractivity contribution in [3.63, 3.8) is 0 Å². The van der Waals surface area contributed by atoms with Gasteiger partial charge in [0, 0.05) is 12.8 Å². The van der Waals surface area contributed by atoms with Crippen LogP contribution in [0.25, 0.3) is 0 Å². The van der Waals surface area contributed by atoms with E-state index in [0.717, 1.165) is 32.1 Å². The Hall–Kier alpha value is -2.49. The number of carbonyl (C=O) groups excluding carboxylic acids is 3. The van der Waals surface area contributed by atoms with Crippen LogP contribution in [0, 0.1) is 0 Å². The number of esters is 3. The van der Waals surface area contributed by atoms with Crippen molar-refractivity contribution in [1.29, 1.82) is 0 Å². The van der Waals surface area contributed by atoms with Gasteiger partial charge < -0.3 is 28.8 Å². The summed E-state index contributed by atoms with van der Waals surface area (Å²) in [6, 6.07) is 9.07. The van der Waals surface area contributed by atoms with Crippen molar-refractivity contribution >= 4 is 17.9 Å². The molecule has 1 saturated carbocycles. The minimum atomic E-state index is -2.63. The molecule has 1 saturated heterocycles. The van der Waals surface area contributed by atoms with Crippen LogP contribution in [-0.2, 0) is 44.7 Å². The molecule has 3 atom stereocenters. The summed E-state index contributed by atoms with van der Waals surface area (Å²) in [6.07, 6.45) is 10.5. The van der Waals surface area contributed by atoms with Crippen molar-refractivity contribution in [2.75, 3.05) is 0 Å². The van der Waals surface area contributed by atoms with Crippen LogP contribution in [0.1, 0.15) is 150 Å². The number of unbranched alkanes of at least 4 members (excludes halogenated alkanes) is 9. The van der Waals surface area contributed by atoms with Crippen LogP contribution in [0.15, 0.2) is 30.3 Å². The van der Waals surface area contributed by atoms with Gasteiger partial charge >= 0.3 is 17.9 Å². The number of ether oxygens (including phenoxy) is 5. The summed E-state index contributed by atoms with van der Waals surface area (Å²) in [5.74, 6) is -4.42. The molecule has 2 aliphatic rings. The molecule has 0 amide bonds. The number of aliphatic hydroxyl groups is 1. The Morgan fingerprint density at radius 1 is 0.809 bits per heavy atom. The summed E-state index contributed by atoms with van der Waals surface area (Å²) in [4.78, 5) is 42.8. The number of hydrogen-bond acceptors (Lipinski definition) is 9. The van der Waals surface area contributed by atoms with Crippen LogP contribution in [-0.4, -0.2) is 57.3 Å². The summed E-state index contributed by atoms with van der Waals surface area (Å²) < 4.78 is 30.3. The first-order valence-corrected chi connectivity index (χ1v) is 17.9. The van der Waals surface area contributed by atoms with E-state index in [9.17, 15) is 19.5 Å². The van der Waals surface area contributed by atoms with Gasteiger partial charge in [0.2, 0.25) is 17.3 Å². The minimum absolute atomic E-state index is 0.145. The Kier molecular flexibility index (Phi) is 13.9. The third kappa shape index (κ3) is 10.5. The zero-order valence-electron chi connectivity index (χ0n) is 30.0. The lowest BCUT2D eigenvalue weighted by atomic mass is 9.74. The van der Waals surface area contributed by atoms with Crippen LogP contribution in [0.3, 0.4) is 0 Å². The number of hydrogen-bond donors (Lipinski definition) is 1. The van der Waals surface area contributed by atoms with E-state index in [-0.39, 0.29) is 13.0 Å². The average Bonchev–Trinajstić information content (AvgIpc) is 3.60. The summed E-state index contributed by atoms with van der Waals surface area (Å²) in [6.45, 7) is 12.2. The van der Waals surface area contributed by atoms with Gasteiger partial charge in [0.1, 0.15) is 17.8 Å². The first kappa shape index (κ1) is 39.0. The van der Waals surface area contributed by atoms with Crippen molar-refractivity contribution < 1.29 is 43.2 Å². The second kappa shape index (κ2) is 16.8. The Bertz CT molecular complexity index is 1150. The quantitative estimate of drug-likeness (QED) is 0.101. The topological polar surface area (TPSA) is 118 Å². The van der Waals surface area contributed by atoms with Gasteiger partial charge in [-0.25, -0.2) is 14.4 Å². The normalized spacial score (nSPS) is 22.2. The lowest BCUT2D eigenvalue weighted by Gasteiger charge is -2.43. The standard InChI is InChI=1S/C38H60O9/c1-8-9-10-11-12-13-14-15-16-20-27-37(42,32(40)43-28-29-23-18-17-19-24-29)38(33(41)46-35(5,6)7)30(31(39)45-34(2,3)4)44-36(47-38)25-21-22-26-36/h17-19,23-24,30,42H,8-16,20-22,25-28H2,1-7H3/t30-,37+,38-/m0/s1. The molecule has 9 heteroatoms. The van der Waals surface area contributed by atoms with Gasteiger partial charge in [-0.1, -0.05) is 95.0 Å². The number of benzene rings is 1. The van der Waals surface area contributed by atoms with Crippen LogP contribution < -0.4 is 0 Å². The molecule has 1 heterocycles. The SMILES string of the molecule is CCCCCCCCCCCC[C@@](O)(C(=O)OCc1ccccc1)[C@]1(C(=O)OC(C)(C)C)OC2(CCCC2)O[C@H]1C(=O)OC(C)(C)C. The van der Waals surface area contributed by atoms with Gasteiger partial charge in [0.05, 0.1) is 0 Å². The molecule has 1 aromatic rings. The second-order valence-corrected chi connectivity index (χ2v) is 15.3. The van der Waals surface area contributed by atoms with E-state index >= 15 is 0 Å². The molecule has 266 valence electrons. The van der Waals surface area contributed by atoms with Crippen molar-refractivity contribution in [3.05, 3.63) is 35.9 Å². The highest BCUT2D eigenvalue weighted by atomic mass is 16.8. The van der Waals surface area contributed by atoms with Gasteiger partial charge in [0.25, 0.3) is 0 Å². The maximum atomic E-state index is 14.5. The molecule has 3 rings (SSSR count). The summed E-state index contributed by atoms with van der Waals surface area (Å²) in [5, 5.41) is 12.8. The molecule has 1 N–H and O–H groups in total. The number of carbonyl (C=O) groups is 3. The Morgan fingerprint density at radius 3 is 1.87 bits per heavy atom. The molecule has 47 heavy (non-hydrogen) atoms. The van der Waals surface area contributed by atoms with Gasteiger partial charge in [-0.3, -0.25) is 0 Å². The van der Waals surface area contributed by atoms with Gasteiger partial charge in [-0.05, 0) is 72.8 Å². The molecule has 1 aliphatic heterocycles. The van der Waals surface area contributed by atoms with E-state index in [1.54, 1.807) is 53.7 Å². The van der Waals surface area contributed by atoms with E-state index in [1.807, 2.05) is 18.2 Å². The first-order chi connectivity index (χ1) is 22.1. The molecule has 1 aromatic carbocycles. The molecule has 1 aliphatic carbocycles. The molecule has 9 nitrogen and oxygen atoms in total. The predicted octanol–water partition coefficient (Wildman–Crippen LogP) is 7.88. The molecule has 0 radical (unpaired) electrons. The molecular formula is C38H60O9. The zero-order chi connectivity index (χ0) is 34.8. The lowest BCUT2D eigenvalue weighted by molar-refractivity contribution is -0.248. The van der Waals surface area contributed by atoms with Gasteiger partial charge in [-0.15, -0.1) is 0 Å². The van der Waals surface area contributed by atoms with E-state index in [0.29, 0.717) is 31.2 Å². The summed E-state index contributed by atoms with van der Waals surface area (Å²) in [7, 11) is 0. The van der Waals surface area contributed by atoms with Crippen molar-refractivity contribution in [1.82, 2.24) is 0 Å². The Morgan fingerprint density at radius 2 is 1.34 bits per heavy atom. The van der Waals surface area contributed by atoms with Crippen LogP contribution >= 0.6 is 0 Å². The fourth-order valence-electron chi connectivity index (χ4n) is 6.49. The average molecular weight is 661 g/mol. The molecule has 0 bridgehead atoms. The van der Waals surface area contributed by atoms with Gasteiger partial charge in [-0.2, -0.15) is 0 Å². The fraction of sp³-hybridized carbons (Fsp3) is 0.763. The molecule has 0 aromatic heterocycles. The zero-order valence-corrected chi connectivity index (χ0v) is 30.0. The van der Waals surface area contributed by atoms with Crippen LogP contribution in [0.5, 0.6) is 0 Å². The van der Waals surface area contributed by atoms with Crippen LogP contribution in [0.4, 0.5) is 0 Å². The highest BCUT2D eigenvalue weighted by Gasteiger charge is 2.77. The third-order valence-corrected chi connectivity index (χ3v) is 8.79. The minimum Gasteiger partial charge on any atom is -0.459 e. The van der Waals surface area contributed by atoms with E-state index in [4.69, 9.17) is 23.7 Å². The van der Waals surface area contributed by atoms with Crippen molar-refractivity contribution in [2.24, 2.45) is 0 Å². The van der Waals surface area contributed by atoms with Gasteiger partial charge in [0.15, 0.2) is 5.79 Å². The van der Waals surface area contributed by atoms with E-state index in [2.05, 4.69) is 6.92 Å². The van der Waals surface area contributed by atoms with Crippen molar-refractivity contribution in [2.45, 2.75) is 186 Å². The highest BCUT2D eigenvalue weighted by Crippen LogP contribution is 2.53. The molecule has 0 unspecified atom stereocenters. The second-order valence-electron chi connectivity index (χ2n) is 15.3. The smallest absolute Gasteiger partial charge is 0.346 e. The first-order valence-electron chi connectivity index (χ1n) is 17.9. The third-order valence-electron chi connectivity index (χ3n) is 8.79. The largest absolute Gasteiger partial charge is 0.459 e. The Balaban J connectivity index is 2.00. The van der Waals surface area contributed by atoms with E-state index in [1.165, 1.54) is 32.1 Å². The van der Waals surface area contributed by atoms with Crippen LogP contribution in [0.2, 0.25) is 0 Å². The summed E-state index contributed by atoms with van der Waals surface area (Å²) >= 11 is 0. The van der Waals surface area contributed by atoms with Crippen molar-refractivity contribution in [3.8, 4) is 0 Å². The highest BCUT2D eigenvalue weighted by molar-refractivity contribution is 5.98. The maximum Gasteiger partial charge on any atom is 0.346 e.